The molecule has 0 spiro atoms. The molecule has 18 heavy (non-hydrogen) atoms. The number of aryl methyl sites for hydroxylation is 1. The lowest BCUT2D eigenvalue weighted by atomic mass is 10.1. The molecule has 0 bridgehead atoms. The van der Waals surface area contributed by atoms with Gasteiger partial charge in [-0.15, -0.1) is 11.3 Å². The molecular weight excluding hydrogens is 244 g/mol. The minimum atomic E-state index is 0.197. The maximum Gasteiger partial charge on any atom is 0.126 e. The number of aromatic nitrogens is 1. The van der Waals surface area contributed by atoms with Gasteiger partial charge in [-0.05, 0) is 32.4 Å². The van der Waals surface area contributed by atoms with E-state index in [0.29, 0.717) is 0 Å². The molecule has 0 aliphatic heterocycles. The van der Waals surface area contributed by atoms with Gasteiger partial charge in [0.25, 0.3) is 0 Å². The summed E-state index contributed by atoms with van der Waals surface area (Å²) in [5.41, 5.74) is 6.31. The molecule has 1 heterocycles. The highest BCUT2D eigenvalue weighted by Gasteiger charge is 2.12. The summed E-state index contributed by atoms with van der Waals surface area (Å²) >= 11 is 1.62. The number of anilines is 1. The second-order valence-corrected chi connectivity index (χ2v) is 5.09. The van der Waals surface area contributed by atoms with Gasteiger partial charge in [-0.1, -0.05) is 6.07 Å². The molecule has 2 rings (SSSR count). The third-order valence-corrected chi connectivity index (χ3v) is 3.68. The van der Waals surface area contributed by atoms with Crippen molar-refractivity contribution in [2.75, 3.05) is 12.4 Å². The molecular formula is C14H18N2OS. The molecule has 0 aliphatic rings. The van der Waals surface area contributed by atoms with E-state index < -0.39 is 0 Å². The monoisotopic (exact) mass is 262 g/mol. The summed E-state index contributed by atoms with van der Waals surface area (Å²) in [6, 6.07) is 4.36. The van der Waals surface area contributed by atoms with Crippen LogP contribution in [0.3, 0.4) is 0 Å². The van der Waals surface area contributed by atoms with Crippen LogP contribution in [-0.2, 0) is 0 Å². The van der Waals surface area contributed by atoms with Crippen LogP contribution in [0.5, 0.6) is 5.75 Å². The Morgan fingerprint density at radius 2 is 2.11 bits per heavy atom. The summed E-state index contributed by atoms with van der Waals surface area (Å²) in [4.78, 5) is 4.33. The van der Waals surface area contributed by atoms with Gasteiger partial charge in [0.2, 0.25) is 0 Å². The van der Waals surface area contributed by atoms with Gasteiger partial charge in [0.05, 0.1) is 24.4 Å². The predicted molar refractivity (Wildman–Crippen MR) is 76.6 cm³/mol. The van der Waals surface area contributed by atoms with Crippen LogP contribution in [-0.4, -0.2) is 12.1 Å². The Labute approximate surface area is 112 Å². The summed E-state index contributed by atoms with van der Waals surface area (Å²) in [5, 5.41) is 5.55. The van der Waals surface area contributed by atoms with Crippen molar-refractivity contribution in [1.82, 2.24) is 4.98 Å². The zero-order chi connectivity index (χ0) is 13.1. The Kier molecular flexibility index (Phi) is 3.87. The number of nitrogens with zero attached hydrogens (tertiary/aromatic N) is 1. The fraction of sp³-hybridized carbons (Fsp3) is 0.357. The van der Waals surface area contributed by atoms with Crippen LogP contribution in [0.1, 0.15) is 29.8 Å². The second-order valence-electron chi connectivity index (χ2n) is 4.37. The van der Waals surface area contributed by atoms with E-state index in [4.69, 9.17) is 4.74 Å². The Bertz CT molecular complexity index is 523. The molecule has 0 aliphatic carbocycles. The van der Waals surface area contributed by atoms with Crippen LogP contribution in [0.25, 0.3) is 0 Å². The molecule has 0 saturated heterocycles. The second kappa shape index (κ2) is 5.40. The van der Waals surface area contributed by atoms with E-state index in [-0.39, 0.29) is 6.04 Å². The van der Waals surface area contributed by atoms with E-state index in [2.05, 4.69) is 48.6 Å². The normalized spacial score (nSPS) is 12.2. The van der Waals surface area contributed by atoms with Gasteiger partial charge >= 0.3 is 0 Å². The lowest BCUT2D eigenvalue weighted by molar-refractivity contribution is 0.409. The van der Waals surface area contributed by atoms with Crippen molar-refractivity contribution in [3.05, 3.63) is 39.8 Å². The molecule has 3 nitrogen and oxygen atoms in total. The van der Waals surface area contributed by atoms with Crippen LogP contribution >= 0.6 is 11.3 Å². The van der Waals surface area contributed by atoms with Gasteiger partial charge in [0.1, 0.15) is 5.75 Å². The maximum atomic E-state index is 5.44. The number of nitrogens with one attached hydrogen (secondary N) is 1. The van der Waals surface area contributed by atoms with E-state index in [1.807, 2.05) is 5.51 Å². The van der Waals surface area contributed by atoms with E-state index >= 15 is 0 Å². The average Bonchev–Trinajstić information content (AvgIpc) is 2.87. The Morgan fingerprint density at radius 3 is 2.72 bits per heavy atom. The van der Waals surface area contributed by atoms with Crippen molar-refractivity contribution < 1.29 is 4.74 Å². The molecule has 1 unspecified atom stereocenters. The van der Waals surface area contributed by atoms with Crippen molar-refractivity contribution in [2.24, 2.45) is 0 Å². The van der Waals surface area contributed by atoms with Crippen LogP contribution in [0.2, 0.25) is 0 Å². The summed E-state index contributed by atoms with van der Waals surface area (Å²) in [7, 11) is 1.71. The topological polar surface area (TPSA) is 34.1 Å². The van der Waals surface area contributed by atoms with Gasteiger partial charge in [-0.3, -0.25) is 0 Å². The number of ether oxygens (including phenoxy) is 1. The van der Waals surface area contributed by atoms with Crippen LogP contribution in [0.15, 0.2) is 23.0 Å². The molecule has 0 radical (unpaired) electrons. The Morgan fingerprint density at radius 1 is 1.33 bits per heavy atom. The van der Waals surface area contributed by atoms with Crippen molar-refractivity contribution in [3.8, 4) is 5.75 Å². The summed E-state index contributed by atoms with van der Waals surface area (Å²) in [6.07, 6.45) is 0. The van der Waals surface area contributed by atoms with E-state index in [1.54, 1.807) is 18.4 Å². The summed E-state index contributed by atoms with van der Waals surface area (Å²) in [6.45, 7) is 6.24. The van der Waals surface area contributed by atoms with Gasteiger partial charge < -0.3 is 10.1 Å². The van der Waals surface area contributed by atoms with Crippen LogP contribution < -0.4 is 10.1 Å². The van der Waals surface area contributed by atoms with E-state index in [0.717, 1.165) is 28.3 Å². The molecule has 1 atom stereocenters. The smallest absolute Gasteiger partial charge is 0.126 e. The SMILES string of the molecule is COc1c(C)ccc(NC(C)c2cscn2)c1C. The summed E-state index contributed by atoms with van der Waals surface area (Å²) in [5.74, 6) is 0.950. The highest BCUT2D eigenvalue weighted by atomic mass is 32.1. The number of benzene rings is 1. The van der Waals surface area contributed by atoms with Crippen molar-refractivity contribution in [2.45, 2.75) is 26.8 Å². The standard InChI is InChI=1S/C14H18N2OS/c1-9-5-6-12(10(2)14(9)17-4)16-11(3)13-7-18-8-15-13/h5-8,11,16H,1-4H3. The zero-order valence-electron chi connectivity index (χ0n) is 11.2. The fourth-order valence-electron chi connectivity index (χ4n) is 2.04. The number of hydrogen-bond acceptors (Lipinski definition) is 4. The highest BCUT2D eigenvalue weighted by Crippen LogP contribution is 2.31. The van der Waals surface area contributed by atoms with Gasteiger partial charge in [-0.2, -0.15) is 0 Å². The van der Waals surface area contributed by atoms with Crippen molar-refractivity contribution >= 4 is 17.0 Å². The largest absolute Gasteiger partial charge is 0.496 e. The molecule has 0 fully saturated rings. The van der Waals surface area contributed by atoms with Crippen molar-refractivity contribution in [1.29, 1.82) is 0 Å². The van der Waals surface area contributed by atoms with E-state index in [9.17, 15) is 0 Å². The molecule has 96 valence electrons. The van der Waals surface area contributed by atoms with Crippen LogP contribution in [0.4, 0.5) is 5.69 Å². The first-order valence-corrected chi connectivity index (χ1v) is 6.86. The lowest BCUT2D eigenvalue weighted by Crippen LogP contribution is -2.08. The van der Waals surface area contributed by atoms with Crippen molar-refractivity contribution in [3.63, 3.8) is 0 Å². The minimum absolute atomic E-state index is 0.197. The Hall–Kier alpha value is -1.55. The number of methoxy groups -OCH3 is 1. The first kappa shape index (κ1) is 12.9. The molecule has 4 heteroatoms. The number of thiazole rings is 1. The van der Waals surface area contributed by atoms with Gasteiger partial charge in [0.15, 0.2) is 0 Å². The Balaban J connectivity index is 2.24. The molecule has 0 saturated carbocycles. The minimum Gasteiger partial charge on any atom is -0.496 e. The molecule has 2 aromatic rings. The number of hydrogen-bond donors (Lipinski definition) is 1. The molecule has 1 N–H and O–H groups in total. The highest BCUT2D eigenvalue weighted by molar-refractivity contribution is 7.07. The predicted octanol–water partition coefficient (Wildman–Crippen LogP) is 3.94. The molecule has 1 aromatic carbocycles. The van der Waals surface area contributed by atoms with Gasteiger partial charge in [-0.25, -0.2) is 4.98 Å². The third-order valence-electron chi connectivity index (χ3n) is 3.07. The zero-order valence-corrected chi connectivity index (χ0v) is 12.0. The summed E-state index contributed by atoms with van der Waals surface area (Å²) < 4.78 is 5.44. The van der Waals surface area contributed by atoms with Crippen LogP contribution in [0, 0.1) is 13.8 Å². The quantitative estimate of drug-likeness (QED) is 0.906. The first-order valence-electron chi connectivity index (χ1n) is 5.92. The fourth-order valence-corrected chi connectivity index (χ4v) is 2.69. The lowest BCUT2D eigenvalue weighted by Gasteiger charge is -2.18. The van der Waals surface area contributed by atoms with Gasteiger partial charge in [0, 0.05) is 16.6 Å². The third kappa shape index (κ3) is 2.48. The molecule has 0 amide bonds. The average molecular weight is 262 g/mol. The maximum absolute atomic E-state index is 5.44. The first-order chi connectivity index (χ1) is 8.63. The molecule has 1 aromatic heterocycles. The number of rotatable bonds is 4. The van der Waals surface area contributed by atoms with E-state index in [1.165, 1.54) is 0 Å².